The number of carbonyl (C=O) groups is 1. The molecule has 2 atom stereocenters. The summed E-state index contributed by atoms with van der Waals surface area (Å²) in [5.74, 6) is 1.53. The first-order valence-electron chi connectivity index (χ1n) is 15.9. The second-order valence-electron chi connectivity index (χ2n) is 12.3. The Kier molecular flexibility index (Phi) is 9.93. The first-order chi connectivity index (χ1) is 22.3. The second-order valence-corrected chi connectivity index (χ2v) is 12.7. The minimum atomic E-state index is -0.276. The molecular formula is C34H43ClN8O3. The quantitative estimate of drug-likeness (QED) is 0.275. The van der Waals surface area contributed by atoms with Crippen LogP contribution in [0.25, 0.3) is 0 Å². The summed E-state index contributed by atoms with van der Waals surface area (Å²) in [6.45, 7) is 8.28. The number of likely N-dealkylation sites (N-methyl/N-ethyl adjacent to an activating group) is 1. The fourth-order valence-electron chi connectivity index (χ4n) is 6.76. The van der Waals surface area contributed by atoms with Crippen molar-refractivity contribution in [1.82, 2.24) is 19.8 Å². The second kappa shape index (κ2) is 14.3. The van der Waals surface area contributed by atoms with Gasteiger partial charge in [0, 0.05) is 61.8 Å². The van der Waals surface area contributed by atoms with Crippen LogP contribution < -0.4 is 25.3 Å². The lowest BCUT2D eigenvalue weighted by atomic mass is 10.0. The van der Waals surface area contributed by atoms with Crippen LogP contribution in [0.15, 0.2) is 61.4 Å². The number of carbonyl (C=O) groups excluding carboxylic acids is 1. The van der Waals surface area contributed by atoms with Crippen molar-refractivity contribution in [1.29, 1.82) is 0 Å². The van der Waals surface area contributed by atoms with Gasteiger partial charge in [-0.25, -0.2) is 15.0 Å². The lowest BCUT2D eigenvalue weighted by Crippen LogP contribution is -2.45. The number of hydrogen-bond acceptors (Lipinski definition) is 10. The van der Waals surface area contributed by atoms with E-state index in [2.05, 4.69) is 56.0 Å². The molecule has 1 aromatic heterocycles. The molecule has 6 rings (SSSR count). The minimum absolute atomic E-state index is 0.0278. The maximum Gasteiger partial charge on any atom is 0.247 e. The third-order valence-corrected chi connectivity index (χ3v) is 9.52. The van der Waals surface area contributed by atoms with E-state index in [-0.39, 0.29) is 11.9 Å². The monoisotopic (exact) mass is 646 g/mol. The zero-order valence-electron chi connectivity index (χ0n) is 26.8. The molecular weight excluding hydrogens is 604 g/mol. The van der Waals surface area contributed by atoms with Crippen molar-refractivity contribution in [2.24, 2.45) is 0 Å². The van der Waals surface area contributed by atoms with E-state index in [0.717, 1.165) is 56.7 Å². The molecule has 3 saturated heterocycles. The van der Waals surface area contributed by atoms with Crippen LogP contribution in [0.5, 0.6) is 5.75 Å². The summed E-state index contributed by atoms with van der Waals surface area (Å²) in [4.78, 5) is 34.8. The van der Waals surface area contributed by atoms with Crippen molar-refractivity contribution in [3.05, 3.63) is 72.0 Å². The standard InChI is InChI=1S/C34H43ClN8O3/c1-5-34(44)39-27-18-28(31(45-4)19-30(27)41-13-9-25(10-14-41)42-15-11-26(21-42)40(2)3)38-32-20-33(37-22-36-32)43-29(12-16-46-43)23-7-6-8-24(35)17-23/h5-8,17-20,22,25-26,29H,1,9-16,21H2,2-4H3,(H,39,44)(H,36,37,38). The number of piperidine rings is 1. The van der Waals surface area contributed by atoms with E-state index in [1.54, 1.807) is 12.2 Å². The predicted molar refractivity (Wildman–Crippen MR) is 183 cm³/mol. The van der Waals surface area contributed by atoms with Crippen LogP contribution in [0.2, 0.25) is 5.02 Å². The number of halogens is 1. The SMILES string of the molecule is C=CC(=O)Nc1cc(Nc2cc(N3OCCC3c3cccc(Cl)c3)ncn2)c(OC)cc1N1CCC(N2CCC(N(C)C)C2)CC1. The Bertz CT molecular complexity index is 1550. The van der Waals surface area contributed by atoms with E-state index >= 15 is 0 Å². The molecule has 0 bridgehead atoms. The summed E-state index contributed by atoms with van der Waals surface area (Å²) >= 11 is 6.28. The molecule has 11 nitrogen and oxygen atoms in total. The minimum Gasteiger partial charge on any atom is -0.494 e. The first kappa shape index (κ1) is 32.1. The zero-order chi connectivity index (χ0) is 32.2. The normalized spacial score (nSPS) is 20.7. The fraction of sp³-hybridized carbons (Fsp3) is 0.441. The van der Waals surface area contributed by atoms with E-state index in [4.69, 9.17) is 21.2 Å². The molecule has 0 saturated carbocycles. The van der Waals surface area contributed by atoms with Gasteiger partial charge in [0.2, 0.25) is 5.91 Å². The Morgan fingerprint density at radius 3 is 2.63 bits per heavy atom. The molecule has 0 spiro atoms. The highest BCUT2D eigenvalue weighted by Gasteiger charge is 2.33. The number of hydrogen-bond donors (Lipinski definition) is 2. The van der Waals surface area contributed by atoms with Crippen LogP contribution in [-0.4, -0.2) is 91.7 Å². The van der Waals surface area contributed by atoms with Crippen LogP contribution >= 0.6 is 11.6 Å². The van der Waals surface area contributed by atoms with Gasteiger partial charge in [-0.05, 0) is 63.2 Å². The summed E-state index contributed by atoms with van der Waals surface area (Å²) < 4.78 is 5.86. The molecule has 3 aliphatic rings. The third-order valence-electron chi connectivity index (χ3n) is 9.29. The number of hydroxylamine groups is 1. The number of aromatic nitrogens is 2. The smallest absolute Gasteiger partial charge is 0.247 e. The van der Waals surface area contributed by atoms with Crippen molar-refractivity contribution >= 4 is 46.2 Å². The Morgan fingerprint density at radius 2 is 1.91 bits per heavy atom. The molecule has 0 radical (unpaired) electrons. The van der Waals surface area contributed by atoms with Gasteiger partial charge in [0.1, 0.15) is 17.9 Å². The Morgan fingerprint density at radius 1 is 1.09 bits per heavy atom. The zero-order valence-corrected chi connectivity index (χ0v) is 27.5. The predicted octanol–water partition coefficient (Wildman–Crippen LogP) is 5.49. The molecule has 1 amide bonds. The average molecular weight is 647 g/mol. The van der Waals surface area contributed by atoms with Crippen molar-refractivity contribution in [2.45, 2.75) is 43.8 Å². The van der Waals surface area contributed by atoms with E-state index in [0.29, 0.717) is 52.5 Å². The lowest BCUT2D eigenvalue weighted by Gasteiger charge is -2.39. The van der Waals surface area contributed by atoms with Gasteiger partial charge >= 0.3 is 0 Å². The maximum atomic E-state index is 12.6. The van der Waals surface area contributed by atoms with Crippen molar-refractivity contribution in [3.63, 3.8) is 0 Å². The van der Waals surface area contributed by atoms with Gasteiger partial charge in [0.05, 0.1) is 36.8 Å². The number of rotatable bonds is 10. The topological polar surface area (TPSA) is 98.3 Å². The average Bonchev–Trinajstić information content (AvgIpc) is 3.77. The Labute approximate surface area is 276 Å². The summed E-state index contributed by atoms with van der Waals surface area (Å²) in [5, 5.41) is 8.89. The Hall–Kier alpha value is -3.90. The van der Waals surface area contributed by atoms with Crippen molar-refractivity contribution in [3.8, 4) is 5.75 Å². The molecule has 0 aliphatic carbocycles. The third kappa shape index (κ3) is 7.07. The number of amides is 1. The molecule has 12 heteroatoms. The van der Waals surface area contributed by atoms with Gasteiger partial charge in [0.25, 0.3) is 0 Å². The highest BCUT2D eigenvalue weighted by molar-refractivity contribution is 6.30. The first-order valence-corrected chi connectivity index (χ1v) is 16.3. The van der Waals surface area contributed by atoms with Crippen LogP contribution in [0, 0.1) is 0 Å². The van der Waals surface area contributed by atoms with Crippen LogP contribution in [0.1, 0.15) is 37.3 Å². The number of nitrogens with zero attached hydrogens (tertiary/aromatic N) is 6. The van der Waals surface area contributed by atoms with Gasteiger partial charge < -0.3 is 25.2 Å². The highest BCUT2D eigenvalue weighted by atomic mass is 35.5. The van der Waals surface area contributed by atoms with Gasteiger partial charge in [-0.2, -0.15) is 0 Å². The Balaban J connectivity index is 1.22. The number of likely N-dealkylation sites (tertiary alicyclic amines) is 1. The molecule has 244 valence electrons. The van der Waals surface area contributed by atoms with Crippen molar-refractivity contribution < 1.29 is 14.4 Å². The van der Waals surface area contributed by atoms with E-state index < -0.39 is 0 Å². The highest BCUT2D eigenvalue weighted by Crippen LogP contribution is 2.41. The van der Waals surface area contributed by atoms with Gasteiger partial charge in [-0.1, -0.05) is 30.3 Å². The van der Waals surface area contributed by atoms with Gasteiger partial charge in [-0.3, -0.25) is 14.5 Å². The van der Waals surface area contributed by atoms with Crippen molar-refractivity contribution in [2.75, 3.05) is 74.6 Å². The number of nitrogens with one attached hydrogen (secondary N) is 2. The summed E-state index contributed by atoms with van der Waals surface area (Å²) in [6.07, 6.45) is 6.94. The molecule has 3 aromatic rings. The number of anilines is 5. The van der Waals surface area contributed by atoms with E-state index in [1.165, 1.54) is 18.8 Å². The van der Waals surface area contributed by atoms with Gasteiger partial charge in [0.15, 0.2) is 5.82 Å². The van der Waals surface area contributed by atoms with Crippen LogP contribution in [0.3, 0.4) is 0 Å². The molecule has 2 unspecified atom stereocenters. The largest absolute Gasteiger partial charge is 0.494 e. The maximum absolute atomic E-state index is 12.6. The summed E-state index contributed by atoms with van der Waals surface area (Å²) in [7, 11) is 5.99. The molecule has 3 aliphatic heterocycles. The number of benzene rings is 2. The summed E-state index contributed by atoms with van der Waals surface area (Å²) in [5.41, 5.74) is 3.31. The van der Waals surface area contributed by atoms with E-state index in [1.807, 2.05) is 42.5 Å². The van der Waals surface area contributed by atoms with Gasteiger partial charge in [-0.15, -0.1) is 0 Å². The fourth-order valence-corrected chi connectivity index (χ4v) is 6.96. The lowest BCUT2D eigenvalue weighted by molar-refractivity contribution is -0.111. The van der Waals surface area contributed by atoms with Crippen LogP contribution in [-0.2, 0) is 9.63 Å². The molecule has 4 heterocycles. The van der Waals surface area contributed by atoms with Crippen LogP contribution in [0.4, 0.5) is 28.7 Å². The molecule has 2 N–H and O–H groups in total. The summed E-state index contributed by atoms with van der Waals surface area (Å²) in [6, 6.07) is 14.7. The number of ether oxygens (including phenoxy) is 1. The number of methoxy groups -OCH3 is 1. The molecule has 46 heavy (non-hydrogen) atoms. The molecule has 2 aromatic carbocycles. The van der Waals surface area contributed by atoms with E-state index in [9.17, 15) is 4.79 Å². The molecule has 3 fully saturated rings.